The summed E-state index contributed by atoms with van der Waals surface area (Å²) in [5.41, 5.74) is 0.751. The topological polar surface area (TPSA) is 78.4 Å². The average Bonchev–Trinajstić information content (AvgIpc) is 2.04. The van der Waals surface area contributed by atoms with Crippen molar-refractivity contribution in [3.63, 3.8) is 0 Å². The summed E-state index contributed by atoms with van der Waals surface area (Å²) in [6.07, 6.45) is 2.21. The number of benzene rings is 1. The fraction of sp³-hybridized carbons (Fsp3) is 0. The summed E-state index contributed by atoms with van der Waals surface area (Å²) in [4.78, 5) is 0. The smallest absolute Gasteiger partial charge is 0.167 e. The van der Waals surface area contributed by atoms with Gasteiger partial charge in [-0.1, -0.05) is 34.6 Å². The molecule has 1 rings (SSSR count). The summed E-state index contributed by atoms with van der Waals surface area (Å²) in [5.74, 6) is 0. The highest BCUT2D eigenvalue weighted by Gasteiger charge is 2.12. The lowest BCUT2D eigenvalue weighted by Gasteiger charge is -2.09. The number of rotatable bonds is 3. The Hall–Kier alpha value is -1.07. The molecule has 5 heteroatoms. The summed E-state index contributed by atoms with van der Waals surface area (Å²) in [6, 6.07) is 8.87. The molecule has 0 aliphatic heterocycles. The van der Waals surface area contributed by atoms with Crippen LogP contribution in [0.15, 0.2) is 36.6 Å². The lowest BCUT2D eigenvalue weighted by Crippen LogP contribution is -2.60. The molecule has 0 unspecified atom stereocenters. The Balaban J connectivity index is 2.51. The second kappa shape index (κ2) is 4.25. The molecule has 0 bridgehead atoms. The molecule has 70 valence electrons. The van der Waals surface area contributed by atoms with Gasteiger partial charge in [0.25, 0.3) is 6.26 Å². The van der Waals surface area contributed by atoms with Crippen molar-refractivity contribution in [3.05, 3.63) is 42.2 Å². The molecule has 0 radical (unpaired) electrons. The van der Waals surface area contributed by atoms with Gasteiger partial charge < -0.3 is 0 Å². The molecule has 0 spiro atoms. The van der Waals surface area contributed by atoms with Crippen LogP contribution < -0.4 is 14.0 Å². The first-order chi connectivity index (χ1) is 6.08. The predicted octanol–water partition coefficient (Wildman–Crippen LogP) is -1.43. The van der Waals surface area contributed by atoms with Gasteiger partial charge in [0.2, 0.25) is 0 Å². The van der Waals surface area contributed by atoms with Gasteiger partial charge in [0.15, 0.2) is 0 Å². The highest BCUT2D eigenvalue weighted by molar-refractivity contribution is 5.47. The Kier molecular flexibility index (Phi) is 3.27. The van der Waals surface area contributed by atoms with E-state index in [-0.39, 0.29) is 0 Å². The molecular formula is C8H7ClO4. The zero-order valence-corrected chi connectivity index (χ0v) is 7.31. The lowest BCUT2D eigenvalue weighted by molar-refractivity contribution is -1.92. The van der Waals surface area contributed by atoms with Crippen LogP contribution in [0.3, 0.4) is 0 Å². The van der Waals surface area contributed by atoms with Crippen LogP contribution in [-0.2, 0) is 4.29 Å². The van der Waals surface area contributed by atoms with E-state index in [2.05, 4.69) is 4.29 Å². The molecule has 0 amide bonds. The van der Waals surface area contributed by atoms with Crippen molar-refractivity contribution in [3.8, 4) is 0 Å². The Labute approximate surface area is 77.4 Å². The minimum atomic E-state index is -4.37. The van der Waals surface area contributed by atoms with Crippen LogP contribution >= 0.6 is 0 Å². The molecule has 0 saturated carbocycles. The number of halogens is 1. The lowest BCUT2D eigenvalue weighted by atomic mass is 10.2. The molecule has 0 saturated heterocycles. The van der Waals surface area contributed by atoms with Gasteiger partial charge in [-0.3, -0.25) is 0 Å². The van der Waals surface area contributed by atoms with Crippen LogP contribution in [0.2, 0.25) is 0 Å². The Morgan fingerprint density at radius 2 is 1.69 bits per heavy atom. The second-order valence-corrected chi connectivity index (χ2v) is 3.11. The van der Waals surface area contributed by atoms with E-state index in [0.717, 1.165) is 11.8 Å². The van der Waals surface area contributed by atoms with E-state index in [0.29, 0.717) is 0 Å². The van der Waals surface area contributed by atoms with Crippen molar-refractivity contribution < 1.29 is 28.5 Å². The normalized spacial score (nSPS) is 11.9. The molecule has 0 aliphatic rings. The average molecular weight is 203 g/mol. The van der Waals surface area contributed by atoms with Crippen LogP contribution in [0.4, 0.5) is 0 Å². The van der Waals surface area contributed by atoms with Crippen molar-refractivity contribution in [1.82, 2.24) is 0 Å². The zero-order chi connectivity index (χ0) is 9.73. The molecule has 0 aromatic heterocycles. The fourth-order valence-electron chi connectivity index (χ4n) is 0.731. The van der Waals surface area contributed by atoms with Gasteiger partial charge in [-0.2, -0.15) is 14.0 Å². The van der Waals surface area contributed by atoms with Gasteiger partial charge in [-0.25, -0.2) is 0 Å². The van der Waals surface area contributed by atoms with Crippen LogP contribution in [0.5, 0.6) is 0 Å². The maximum absolute atomic E-state index is 9.96. The summed E-state index contributed by atoms with van der Waals surface area (Å²) >= 11 is 0. The van der Waals surface area contributed by atoms with Crippen molar-refractivity contribution in [2.75, 3.05) is 0 Å². The van der Waals surface area contributed by atoms with E-state index >= 15 is 0 Å². The molecule has 0 heterocycles. The SMILES string of the molecule is [O-][Cl+3]([O-])([O-])OC=Cc1ccccc1. The summed E-state index contributed by atoms with van der Waals surface area (Å²) in [7, 11) is -4.37. The van der Waals surface area contributed by atoms with E-state index in [9.17, 15) is 14.0 Å². The van der Waals surface area contributed by atoms with Gasteiger partial charge in [0, 0.05) is 0 Å². The maximum Gasteiger partial charge on any atom is 0.253 e. The standard InChI is InChI=1S/C8H7ClO4/c10-9(11,12)13-7-6-8-4-2-1-3-5-8/h1-7H. The van der Waals surface area contributed by atoms with E-state index < -0.39 is 10.2 Å². The van der Waals surface area contributed by atoms with Gasteiger partial charge in [-0.15, -0.1) is 0 Å². The molecule has 1 aromatic rings. The molecule has 0 aliphatic carbocycles. The van der Waals surface area contributed by atoms with Crippen molar-refractivity contribution in [2.45, 2.75) is 0 Å². The summed E-state index contributed by atoms with van der Waals surface area (Å²) in [5, 5.41) is 0. The van der Waals surface area contributed by atoms with E-state index in [1.807, 2.05) is 6.07 Å². The highest BCUT2D eigenvalue weighted by atomic mass is 35.7. The molecule has 0 atom stereocenters. The summed E-state index contributed by atoms with van der Waals surface area (Å²) < 4.78 is 33.7. The van der Waals surface area contributed by atoms with Crippen molar-refractivity contribution in [1.29, 1.82) is 0 Å². The third-order valence-electron chi connectivity index (χ3n) is 1.22. The first kappa shape index (κ1) is 10.0. The third kappa shape index (κ3) is 4.49. The first-order valence-corrected chi connectivity index (χ1v) is 4.62. The maximum atomic E-state index is 9.96. The largest absolute Gasteiger partial charge is 0.253 e. The molecular weight excluding hydrogens is 196 g/mol. The van der Waals surface area contributed by atoms with Gasteiger partial charge in [-0.05, 0) is 11.6 Å². The Morgan fingerprint density at radius 3 is 2.23 bits per heavy atom. The van der Waals surface area contributed by atoms with Crippen LogP contribution in [0.1, 0.15) is 5.56 Å². The van der Waals surface area contributed by atoms with E-state index in [4.69, 9.17) is 0 Å². The molecule has 0 fully saturated rings. The number of hydrogen-bond acceptors (Lipinski definition) is 4. The summed E-state index contributed by atoms with van der Waals surface area (Å²) in [6.45, 7) is 0. The van der Waals surface area contributed by atoms with Crippen LogP contribution in [0.25, 0.3) is 6.08 Å². The van der Waals surface area contributed by atoms with Gasteiger partial charge in [0.1, 0.15) is 10.2 Å². The second-order valence-electron chi connectivity index (χ2n) is 2.18. The molecule has 0 N–H and O–H groups in total. The minimum absolute atomic E-state index is 0.751. The van der Waals surface area contributed by atoms with Crippen LogP contribution in [0, 0.1) is 10.2 Å². The Morgan fingerprint density at radius 1 is 1.08 bits per heavy atom. The van der Waals surface area contributed by atoms with Gasteiger partial charge in [0.05, 0.1) is 0 Å². The highest BCUT2D eigenvalue weighted by Crippen LogP contribution is 2.01. The predicted molar refractivity (Wildman–Crippen MR) is 36.6 cm³/mol. The Bertz CT molecular complexity index is 278. The van der Waals surface area contributed by atoms with Crippen molar-refractivity contribution in [2.24, 2.45) is 0 Å². The van der Waals surface area contributed by atoms with E-state index in [1.54, 1.807) is 24.3 Å². The molecule has 4 nitrogen and oxygen atoms in total. The quantitative estimate of drug-likeness (QED) is 0.563. The number of hydrogen-bond donors (Lipinski definition) is 0. The fourth-order valence-corrected chi connectivity index (χ4v) is 0.909. The molecule has 13 heavy (non-hydrogen) atoms. The van der Waals surface area contributed by atoms with Crippen molar-refractivity contribution >= 4 is 6.08 Å². The zero-order valence-electron chi connectivity index (χ0n) is 6.55. The van der Waals surface area contributed by atoms with E-state index in [1.165, 1.54) is 6.08 Å². The molecule has 1 aromatic carbocycles. The van der Waals surface area contributed by atoms with Crippen LogP contribution in [-0.4, -0.2) is 0 Å². The monoisotopic (exact) mass is 202 g/mol. The first-order valence-electron chi connectivity index (χ1n) is 3.39. The third-order valence-corrected chi connectivity index (χ3v) is 1.54. The minimum Gasteiger partial charge on any atom is -0.167 e. The van der Waals surface area contributed by atoms with Gasteiger partial charge >= 0.3 is 0 Å².